The summed E-state index contributed by atoms with van der Waals surface area (Å²) in [5, 5.41) is 0. The summed E-state index contributed by atoms with van der Waals surface area (Å²) in [6.45, 7) is 1.13. The molecule has 1 saturated heterocycles. The fourth-order valence-corrected chi connectivity index (χ4v) is 4.77. The zero-order chi connectivity index (χ0) is 16.3. The Balaban J connectivity index is 1.63. The van der Waals surface area contributed by atoms with Gasteiger partial charge in [-0.1, -0.05) is 31.0 Å². The van der Waals surface area contributed by atoms with Crippen molar-refractivity contribution in [2.45, 2.75) is 49.1 Å². The third-order valence-corrected chi connectivity index (χ3v) is 6.47. The summed E-state index contributed by atoms with van der Waals surface area (Å²) < 4.78 is 30.4. The highest BCUT2D eigenvalue weighted by atomic mass is 32.2. The minimum absolute atomic E-state index is 0.0421. The first-order valence-corrected chi connectivity index (χ1v) is 9.92. The Hall–Kier alpha value is -1.40. The molecule has 2 aliphatic rings. The fraction of sp³-hybridized carbons (Fsp3) is 0.588. The number of hydrogen-bond donors (Lipinski definition) is 0. The lowest BCUT2D eigenvalue weighted by Gasteiger charge is -2.43. The van der Waals surface area contributed by atoms with Gasteiger partial charge >= 0.3 is 0 Å². The smallest absolute Gasteiger partial charge is 0.224 e. The number of rotatable bonds is 4. The second-order valence-electron chi connectivity index (χ2n) is 6.23. The van der Waals surface area contributed by atoms with E-state index < -0.39 is 9.84 Å². The van der Waals surface area contributed by atoms with Gasteiger partial charge in [0.2, 0.25) is 5.91 Å². The summed E-state index contributed by atoms with van der Waals surface area (Å²) in [5.41, 5.74) is 0. The molecular formula is C17H23NO4S. The molecule has 1 aromatic rings. The molecule has 0 aromatic heterocycles. The van der Waals surface area contributed by atoms with E-state index in [2.05, 4.69) is 0 Å². The molecule has 23 heavy (non-hydrogen) atoms. The summed E-state index contributed by atoms with van der Waals surface area (Å²) in [7, 11) is -3.40. The SMILES string of the molecule is O=C(CCS(=O)(=O)c1ccccc1)N1CCOC2CCCCC21. The van der Waals surface area contributed by atoms with Crippen molar-refractivity contribution in [1.29, 1.82) is 0 Å². The number of fused-ring (bicyclic) bond motifs is 1. The second-order valence-corrected chi connectivity index (χ2v) is 8.34. The normalized spacial score (nSPS) is 25.0. The van der Waals surface area contributed by atoms with Crippen molar-refractivity contribution < 1.29 is 17.9 Å². The van der Waals surface area contributed by atoms with Gasteiger partial charge in [0.15, 0.2) is 9.84 Å². The lowest BCUT2D eigenvalue weighted by atomic mass is 9.90. The van der Waals surface area contributed by atoms with E-state index >= 15 is 0 Å². The topological polar surface area (TPSA) is 63.7 Å². The van der Waals surface area contributed by atoms with Crippen molar-refractivity contribution >= 4 is 15.7 Å². The molecule has 1 saturated carbocycles. The van der Waals surface area contributed by atoms with E-state index in [1.807, 2.05) is 4.90 Å². The minimum atomic E-state index is -3.40. The van der Waals surface area contributed by atoms with Gasteiger partial charge in [-0.3, -0.25) is 4.79 Å². The van der Waals surface area contributed by atoms with Crippen LogP contribution in [0.1, 0.15) is 32.1 Å². The molecule has 5 nitrogen and oxygen atoms in total. The Kier molecular flexibility index (Phi) is 5.02. The van der Waals surface area contributed by atoms with Crippen LogP contribution in [-0.4, -0.2) is 50.3 Å². The third kappa shape index (κ3) is 3.75. The van der Waals surface area contributed by atoms with Gasteiger partial charge in [-0.15, -0.1) is 0 Å². The Bertz CT molecular complexity index is 642. The highest BCUT2D eigenvalue weighted by Gasteiger charge is 2.36. The van der Waals surface area contributed by atoms with E-state index in [-0.39, 0.29) is 35.1 Å². The van der Waals surface area contributed by atoms with Gasteiger partial charge in [-0.2, -0.15) is 0 Å². The molecule has 6 heteroatoms. The van der Waals surface area contributed by atoms with E-state index in [0.717, 1.165) is 25.7 Å². The summed E-state index contributed by atoms with van der Waals surface area (Å²) in [5.74, 6) is -0.199. The maximum Gasteiger partial charge on any atom is 0.224 e. The molecule has 1 aliphatic heterocycles. The van der Waals surface area contributed by atoms with Gasteiger partial charge in [0, 0.05) is 13.0 Å². The van der Waals surface area contributed by atoms with Crippen LogP contribution in [0.2, 0.25) is 0 Å². The quantitative estimate of drug-likeness (QED) is 0.843. The predicted molar refractivity (Wildman–Crippen MR) is 86.8 cm³/mol. The maximum atomic E-state index is 12.5. The van der Waals surface area contributed by atoms with Crippen LogP contribution in [0.25, 0.3) is 0 Å². The molecule has 1 heterocycles. The molecule has 1 aromatic carbocycles. The maximum absolute atomic E-state index is 12.5. The van der Waals surface area contributed by atoms with Crippen LogP contribution >= 0.6 is 0 Å². The summed E-state index contributed by atoms with van der Waals surface area (Å²) in [4.78, 5) is 14.7. The van der Waals surface area contributed by atoms with Crippen LogP contribution in [0.15, 0.2) is 35.2 Å². The van der Waals surface area contributed by atoms with Crippen LogP contribution in [-0.2, 0) is 19.4 Å². The van der Waals surface area contributed by atoms with Crippen LogP contribution in [0.5, 0.6) is 0 Å². The Morgan fingerprint density at radius 1 is 1.17 bits per heavy atom. The monoisotopic (exact) mass is 337 g/mol. The molecule has 0 N–H and O–H groups in total. The molecule has 126 valence electrons. The molecule has 2 unspecified atom stereocenters. The summed E-state index contributed by atoms with van der Waals surface area (Å²) in [6.07, 6.45) is 4.38. The van der Waals surface area contributed by atoms with Crippen molar-refractivity contribution in [3.8, 4) is 0 Å². The molecule has 1 aliphatic carbocycles. The van der Waals surface area contributed by atoms with E-state index in [1.54, 1.807) is 30.3 Å². The van der Waals surface area contributed by atoms with Crippen LogP contribution in [0.3, 0.4) is 0 Å². The number of sulfone groups is 1. The summed E-state index contributed by atoms with van der Waals surface area (Å²) in [6, 6.07) is 8.45. The molecule has 0 spiro atoms. The minimum Gasteiger partial charge on any atom is -0.374 e. The number of nitrogens with zero attached hydrogens (tertiary/aromatic N) is 1. The number of amides is 1. The lowest BCUT2D eigenvalue weighted by Crippen LogP contribution is -2.55. The average molecular weight is 337 g/mol. The van der Waals surface area contributed by atoms with E-state index in [9.17, 15) is 13.2 Å². The molecule has 1 amide bonds. The van der Waals surface area contributed by atoms with Gasteiger partial charge in [0.1, 0.15) is 0 Å². The van der Waals surface area contributed by atoms with Crippen molar-refractivity contribution in [2.24, 2.45) is 0 Å². The second kappa shape index (κ2) is 7.01. The first-order valence-electron chi connectivity index (χ1n) is 8.27. The van der Waals surface area contributed by atoms with Crippen LogP contribution in [0.4, 0.5) is 0 Å². The van der Waals surface area contributed by atoms with E-state index in [4.69, 9.17) is 4.74 Å². The zero-order valence-corrected chi connectivity index (χ0v) is 14.0. The molecule has 2 fully saturated rings. The first kappa shape index (κ1) is 16.5. The third-order valence-electron chi connectivity index (χ3n) is 4.74. The largest absolute Gasteiger partial charge is 0.374 e. The Morgan fingerprint density at radius 3 is 2.70 bits per heavy atom. The molecule has 2 atom stereocenters. The van der Waals surface area contributed by atoms with Gasteiger partial charge < -0.3 is 9.64 Å². The molecule has 0 bridgehead atoms. The number of benzene rings is 1. The van der Waals surface area contributed by atoms with Gasteiger partial charge in [0.05, 0.1) is 29.4 Å². The van der Waals surface area contributed by atoms with Gasteiger partial charge in [0.25, 0.3) is 0 Å². The van der Waals surface area contributed by atoms with Crippen molar-refractivity contribution in [1.82, 2.24) is 4.90 Å². The molecule has 3 rings (SSSR count). The van der Waals surface area contributed by atoms with E-state index in [0.29, 0.717) is 13.2 Å². The Labute approximate surface area is 137 Å². The van der Waals surface area contributed by atoms with Gasteiger partial charge in [-0.25, -0.2) is 8.42 Å². The predicted octanol–water partition coefficient (Wildman–Crippen LogP) is 2.02. The average Bonchev–Trinajstić information content (AvgIpc) is 2.60. The molecular weight excluding hydrogens is 314 g/mol. The standard InChI is InChI=1S/C17H23NO4S/c19-17(10-13-23(20,21)14-6-2-1-3-7-14)18-11-12-22-16-9-5-4-8-15(16)18/h1-3,6-7,15-16H,4-5,8-13H2. The van der Waals surface area contributed by atoms with Crippen molar-refractivity contribution in [3.05, 3.63) is 30.3 Å². The van der Waals surface area contributed by atoms with Crippen molar-refractivity contribution in [2.75, 3.05) is 18.9 Å². The number of hydrogen-bond acceptors (Lipinski definition) is 4. The highest BCUT2D eigenvalue weighted by Crippen LogP contribution is 2.29. The number of carbonyl (C=O) groups excluding carboxylic acids is 1. The number of morpholine rings is 1. The summed E-state index contributed by atoms with van der Waals surface area (Å²) >= 11 is 0. The lowest BCUT2D eigenvalue weighted by molar-refractivity contribution is -0.149. The first-order chi connectivity index (χ1) is 11.1. The Morgan fingerprint density at radius 2 is 1.91 bits per heavy atom. The number of carbonyl (C=O) groups is 1. The zero-order valence-electron chi connectivity index (χ0n) is 13.2. The molecule has 0 radical (unpaired) electrons. The van der Waals surface area contributed by atoms with Gasteiger partial charge in [-0.05, 0) is 25.0 Å². The van der Waals surface area contributed by atoms with Crippen molar-refractivity contribution in [3.63, 3.8) is 0 Å². The number of ether oxygens (including phenoxy) is 1. The highest BCUT2D eigenvalue weighted by molar-refractivity contribution is 7.91. The van der Waals surface area contributed by atoms with Crippen LogP contribution < -0.4 is 0 Å². The van der Waals surface area contributed by atoms with E-state index in [1.165, 1.54) is 0 Å². The van der Waals surface area contributed by atoms with Crippen LogP contribution in [0, 0.1) is 0 Å². The fourth-order valence-electron chi connectivity index (χ4n) is 3.52.